The lowest BCUT2D eigenvalue weighted by Crippen LogP contribution is -2.46. The normalized spacial score (nSPS) is 15.0. The lowest BCUT2D eigenvalue weighted by Gasteiger charge is -2.36. The molecule has 6 aromatic rings. The molecule has 2 aromatic carbocycles. The van der Waals surface area contributed by atoms with Crippen LogP contribution in [0.15, 0.2) is 107 Å². The zero-order chi connectivity index (χ0) is 40.1. The molecule has 2 aliphatic rings. The summed E-state index contributed by atoms with van der Waals surface area (Å²) in [5.41, 5.74) is 4.61. The van der Waals surface area contributed by atoms with Crippen LogP contribution in [0.3, 0.4) is 0 Å². The maximum Gasteiger partial charge on any atom is 0.249 e. The number of nitrogens with one attached hydrogen (secondary N) is 2. The van der Waals surface area contributed by atoms with Gasteiger partial charge in [-0.3, -0.25) is 19.4 Å². The van der Waals surface area contributed by atoms with E-state index in [0.29, 0.717) is 36.3 Å². The largest absolute Gasteiger partial charge is 0.478 e. The van der Waals surface area contributed by atoms with Crippen molar-refractivity contribution in [2.75, 3.05) is 88.5 Å². The van der Waals surface area contributed by atoms with E-state index in [9.17, 15) is 14.0 Å². The Hall–Kier alpha value is -5.79. The fraction of sp³-hybridized carbons (Fsp3) is 0.378. The molecular formula is C45H53FN8O4. The van der Waals surface area contributed by atoms with Gasteiger partial charge in [0, 0.05) is 98.8 Å². The van der Waals surface area contributed by atoms with Crippen molar-refractivity contribution in [1.29, 1.82) is 0 Å². The number of ether oxygens (including phenoxy) is 2. The third kappa shape index (κ3) is 11.4. The Bertz CT molecular complexity index is 2340. The number of nitrogens with zero attached hydrogens (tertiary/aromatic N) is 6. The Morgan fingerprint density at radius 3 is 1.57 bits per heavy atom. The van der Waals surface area contributed by atoms with Gasteiger partial charge in [0.25, 0.3) is 0 Å². The van der Waals surface area contributed by atoms with E-state index >= 15 is 0 Å². The molecule has 2 saturated heterocycles. The number of unbranched alkanes of at least 4 members (excludes halogenated alkanes) is 2. The second kappa shape index (κ2) is 20.1. The van der Waals surface area contributed by atoms with Gasteiger partial charge in [-0.2, -0.15) is 9.97 Å². The number of benzene rings is 2. The first-order valence-corrected chi connectivity index (χ1v) is 20.4. The first-order valence-electron chi connectivity index (χ1n) is 20.4. The molecule has 4 aromatic heterocycles. The molecule has 0 amide bonds. The number of aryl methyl sites for hydroxylation is 1. The van der Waals surface area contributed by atoms with Gasteiger partial charge in [-0.05, 0) is 106 Å². The van der Waals surface area contributed by atoms with Crippen LogP contribution in [0.1, 0.15) is 31.2 Å². The standard InChI is InChI=1S/C23H28N4O2.C22H25FN4O2/c1-18-6-2-3-7-20(18)27-15-13-26(14-16-27)12-4-5-17-29-22-11-9-19-8-10-21(28)24-23(19)25-22;23-18-5-7-19(8-6-18)27-14-12-26(13-15-27)11-1-2-16-29-21-10-4-17-3-9-20(28)24-22(17)25-21/h2-3,6-11H,4-5,12-17H2,1H3,(H,24,25,28);3-10H,1-2,11-16H2,(H,24,25,28). The predicted octanol–water partition coefficient (Wildman–Crippen LogP) is 6.26. The third-order valence-electron chi connectivity index (χ3n) is 10.7. The summed E-state index contributed by atoms with van der Waals surface area (Å²) >= 11 is 0. The van der Waals surface area contributed by atoms with Crippen LogP contribution in [0.4, 0.5) is 15.8 Å². The highest BCUT2D eigenvalue weighted by Gasteiger charge is 2.18. The summed E-state index contributed by atoms with van der Waals surface area (Å²) in [6, 6.07) is 29.4. The van der Waals surface area contributed by atoms with Crippen molar-refractivity contribution >= 4 is 33.4 Å². The summed E-state index contributed by atoms with van der Waals surface area (Å²) in [4.78, 5) is 46.8. The number of para-hydroxylation sites is 1. The summed E-state index contributed by atoms with van der Waals surface area (Å²) in [5, 5.41) is 1.79. The van der Waals surface area contributed by atoms with Gasteiger partial charge < -0.3 is 29.2 Å². The van der Waals surface area contributed by atoms with Crippen molar-refractivity contribution in [3.8, 4) is 11.8 Å². The highest BCUT2D eigenvalue weighted by molar-refractivity contribution is 5.75. The number of hydrogen-bond acceptors (Lipinski definition) is 10. The second-order valence-electron chi connectivity index (χ2n) is 14.9. The minimum absolute atomic E-state index is 0.148. The van der Waals surface area contributed by atoms with E-state index in [0.717, 1.165) is 108 Å². The number of anilines is 2. The number of H-pyrrole nitrogens is 2. The Balaban J connectivity index is 0.000000177. The molecule has 6 heterocycles. The zero-order valence-electron chi connectivity index (χ0n) is 33.2. The highest BCUT2D eigenvalue weighted by atomic mass is 19.1. The van der Waals surface area contributed by atoms with Gasteiger partial charge in [0.15, 0.2) is 0 Å². The fourth-order valence-corrected chi connectivity index (χ4v) is 7.42. The van der Waals surface area contributed by atoms with Gasteiger partial charge in [-0.15, -0.1) is 0 Å². The van der Waals surface area contributed by atoms with E-state index < -0.39 is 0 Å². The average molecular weight is 789 g/mol. The molecule has 2 aliphatic heterocycles. The summed E-state index contributed by atoms with van der Waals surface area (Å²) in [6.07, 6.45) is 4.10. The third-order valence-corrected chi connectivity index (χ3v) is 10.7. The van der Waals surface area contributed by atoms with Gasteiger partial charge in [0.05, 0.1) is 13.2 Å². The van der Waals surface area contributed by atoms with Gasteiger partial charge in [-0.1, -0.05) is 18.2 Å². The first kappa shape index (κ1) is 40.4. The molecular weight excluding hydrogens is 736 g/mol. The molecule has 0 radical (unpaired) electrons. The number of piperazine rings is 2. The van der Waals surface area contributed by atoms with Crippen LogP contribution in [0.2, 0.25) is 0 Å². The van der Waals surface area contributed by atoms with Crippen molar-refractivity contribution in [3.63, 3.8) is 0 Å². The van der Waals surface area contributed by atoms with Crippen molar-refractivity contribution in [2.24, 2.45) is 0 Å². The smallest absolute Gasteiger partial charge is 0.249 e. The van der Waals surface area contributed by atoms with E-state index in [1.54, 1.807) is 12.1 Å². The molecule has 0 saturated carbocycles. The summed E-state index contributed by atoms with van der Waals surface area (Å²) in [7, 11) is 0. The Kier molecular flexibility index (Phi) is 14.0. The quantitative estimate of drug-likeness (QED) is 0.123. The monoisotopic (exact) mass is 788 g/mol. The minimum Gasteiger partial charge on any atom is -0.478 e. The summed E-state index contributed by atoms with van der Waals surface area (Å²) < 4.78 is 24.6. The van der Waals surface area contributed by atoms with Crippen molar-refractivity contribution < 1.29 is 13.9 Å². The van der Waals surface area contributed by atoms with Crippen molar-refractivity contribution in [1.82, 2.24) is 29.7 Å². The molecule has 58 heavy (non-hydrogen) atoms. The number of rotatable bonds is 14. The van der Waals surface area contributed by atoms with Crippen LogP contribution in [0, 0.1) is 12.7 Å². The molecule has 12 nitrogen and oxygen atoms in total. The van der Waals surface area contributed by atoms with Crippen LogP contribution in [-0.2, 0) is 0 Å². The molecule has 0 aliphatic carbocycles. The summed E-state index contributed by atoms with van der Waals surface area (Å²) in [6.45, 7) is 13.9. The molecule has 8 rings (SSSR count). The lowest BCUT2D eigenvalue weighted by atomic mass is 10.1. The second-order valence-corrected chi connectivity index (χ2v) is 14.9. The Morgan fingerprint density at radius 2 is 1.05 bits per heavy atom. The van der Waals surface area contributed by atoms with Crippen LogP contribution in [-0.4, -0.2) is 108 Å². The number of hydrogen-bond donors (Lipinski definition) is 2. The van der Waals surface area contributed by atoms with Gasteiger partial charge in [0.2, 0.25) is 22.9 Å². The molecule has 0 bridgehead atoms. The van der Waals surface area contributed by atoms with Crippen LogP contribution < -0.4 is 30.4 Å². The Morgan fingerprint density at radius 1 is 0.569 bits per heavy atom. The van der Waals surface area contributed by atoms with E-state index in [1.807, 2.05) is 36.4 Å². The predicted molar refractivity (Wildman–Crippen MR) is 229 cm³/mol. The van der Waals surface area contributed by atoms with E-state index in [4.69, 9.17) is 9.47 Å². The topological polar surface area (TPSA) is 123 Å². The van der Waals surface area contributed by atoms with Crippen LogP contribution >= 0.6 is 0 Å². The van der Waals surface area contributed by atoms with Gasteiger partial charge in [0.1, 0.15) is 17.1 Å². The lowest BCUT2D eigenvalue weighted by molar-refractivity contribution is 0.236. The molecule has 304 valence electrons. The van der Waals surface area contributed by atoms with Crippen LogP contribution in [0.5, 0.6) is 11.8 Å². The number of aromatic nitrogens is 4. The molecule has 2 fully saturated rings. The van der Waals surface area contributed by atoms with Gasteiger partial charge in [-0.25, -0.2) is 4.39 Å². The number of pyridine rings is 4. The maximum absolute atomic E-state index is 13.1. The minimum atomic E-state index is -0.193. The molecule has 0 atom stereocenters. The molecule has 13 heteroatoms. The van der Waals surface area contributed by atoms with E-state index in [1.165, 1.54) is 35.5 Å². The van der Waals surface area contributed by atoms with Gasteiger partial charge >= 0.3 is 0 Å². The Labute approximate surface area is 338 Å². The van der Waals surface area contributed by atoms with E-state index in [-0.39, 0.29) is 16.9 Å². The SMILES string of the molecule is Cc1ccccc1N1CCN(CCCCOc2ccc3ccc(=O)[nH]c3n2)CC1.O=c1ccc2ccc(OCCCCN3CCN(c4ccc(F)cc4)CC3)nc2[nH]1. The van der Waals surface area contributed by atoms with Crippen LogP contribution in [0.25, 0.3) is 22.1 Å². The van der Waals surface area contributed by atoms with Crippen molar-refractivity contribution in [2.45, 2.75) is 32.6 Å². The number of aromatic amines is 2. The fourth-order valence-electron chi connectivity index (χ4n) is 7.42. The van der Waals surface area contributed by atoms with E-state index in [2.05, 4.69) is 70.7 Å². The number of halogens is 1. The molecule has 2 N–H and O–H groups in total. The zero-order valence-corrected chi connectivity index (χ0v) is 33.2. The molecule has 0 unspecified atom stereocenters. The van der Waals surface area contributed by atoms with Crippen molar-refractivity contribution in [3.05, 3.63) is 129 Å². The molecule has 0 spiro atoms. The first-order chi connectivity index (χ1) is 28.4. The maximum atomic E-state index is 13.1. The number of fused-ring (bicyclic) bond motifs is 2. The highest BCUT2D eigenvalue weighted by Crippen LogP contribution is 2.22. The summed E-state index contributed by atoms with van der Waals surface area (Å²) in [5.74, 6) is 0.903. The average Bonchev–Trinajstić information content (AvgIpc) is 3.24.